The summed E-state index contributed by atoms with van der Waals surface area (Å²) in [4.78, 5) is 0. The number of hydrogen-bond donors (Lipinski definition) is 0. The minimum Gasteiger partial charge on any atom is -0.501 e. The van der Waals surface area contributed by atoms with Gasteiger partial charge in [0.2, 0.25) is 0 Å². The van der Waals surface area contributed by atoms with Gasteiger partial charge in [0.1, 0.15) is 17.7 Å². The van der Waals surface area contributed by atoms with Crippen molar-refractivity contribution in [2.75, 3.05) is 6.61 Å². The van der Waals surface area contributed by atoms with Crippen LogP contribution in [-0.2, 0) is 4.74 Å². The van der Waals surface area contributed by atoms with Crippen molar-refractivity contribution in [2.45, 2.75) is 13.8 Å². The lowest BCUT2D eigenvalue weighted by atomic mass is 10.2. The summed E-state index contributed by atoms with van der Waals surface area (Å²) in [5, 5.41) is 16.8. The van der Waals surface area contributed by atoms with Gasteiger partial charge in [-0.05, 0) is 25.5 Å². The summed E-state index contributed by atoms with van der Waals surface area (Å²) in [6.07, 6.45) is 3.00. The first kappa shape index (κ1) is 10.3. The van der Waals surface area contributed by atoms with Gasteiger partial charge in [0.15, 0.2) is 0 Å². The summed E-state index contributed by atoms with van der Waals surface area (Å²) in [6.45, 7) is 4.22. The molecule has 3 heteroatoms. The highest BCUT2D eigenvalue weighted by atomic mass is 16.5. The molecule has 0 fully saturated rings. The Bertz CT molecular complexity index is 260. The van der Waals surface area contributed by atoms with Crippen LogP contribution in [0.15, 0.2) is 23.5 Å². The standard InChI is InChI=1S/C9H10N2O/c1-3-12-7-8(2)4-9(5-10)6-11/h4,7H,3H2,1-2H3. The van der Waals surface area contributed by atoms with Crippen LogP contribution in [0.4, 0.5) is 0 Å². The van der Waals surface area contributed by atoms with E-state index in [0.29, 0.717) is 6.61 Å². The van der Waals surface area contributed by atoms with E-state index in [4.69, 9.17) is 15.3 Å². The normalized spacial score (nSPS) is 9.50. The Morgan fingerprint density at radius 3 is 2.42 bits per heavy atom. The zero-order valence-corrected chi connectivity index (χ0v) is 7.16. The highest BCUT2D eigenvalue weighted by Gasteiger charge is 1.91. The fraction of sp³-hybridized carbons (Fsp3) is 0.333. The van der Waals surface area contributed by atoms with Crippen molar-refractivity contribution in [3.63, 3.8) is 0 Å². The van der Waals surface area contributed by atoms with Crippen LogP contribution in [0.3, 0.4) is 0 Å². The van der Waals surface area contributed by atoms with Crippen molar-refractivity contribution in [1.82, 2.24) is 0 Å². The largest absolute Gasteiger partial charge is 0.501 e. The number of allylic oxidation sites excluding steroid dienone is 3. The summed E-state index contributed by atoms with van der Waals surface area (Å²) in [5.41, 5.74) is 0.846. The fourth-order valence-electron chi connectivity index (χ4n) is 0.566. The third kappa shape index (κ3) is 4.14. The Morgan fingerprint density at radius 1 is 1.42 bits per heavy atom. The molecule has 0 amide bonds. The number of nitriles is 2. The molecule has 0 aromatic heterocycles. The first-order valence-corrected chi connectivity index (χ1v) is 3.54. The van der Waals surface area contributed by atoms with Gasteiger partial charge in [0.25, 0.3) is 0 Å². The van der Waals surface area contributed by atoms with Crippen LogP contribution in [0, 0.1) is 22.7 Å². The lowest BCUT2D eigenvalue weighted by Crippen LogP contribution is -1.81. The minimum absolute atomic E-state index is 0.0865. The minimum atomic E-state index is 0.0865. The van der Waals surface area contributed by atoms with E-state index < -0.39 is 0 Å². The Hall–Kier alpha value is -1.74. The monoisotopic (exact) mass is 162 g/mol. The smallest absolute Gasteiger partial charge is 0.130 e. The van der Waals surface area contributed by atoms with Crippen molar-refractivity contribution in [1.29, 1.82) is 10.5 Å². The first-order chi connectivity index (χ1) is 5.74. The van der Waals surface area contributed by atoms with Crippen LogP contribution in [0.1, 0.15) is 13.8 Å². The van der Waals surface area contributed by atoms with Gasteiger partial charge in [-0.3, -0.25) is 0 Å². The van der Waals surface area contributed by atoms with Crippen LogP contribution >= 0.6 is 0 Å². The van der Waals surface area contributed by atoms with E-state index >= 15 is 0 Å². The van der Waals surface area contributed by atoms with Gasteiger partial charge < -0.3 is 4.74 Å². The van der Waals surface area contributed by atoms with Crippen LogP contribution < -0.4 is 0 Å². The van der Waals surface area contributed by atoms with Gasteiger partial charge in [-0.2, -0.15) is 10.5 Å². The quantitative estimate of drug-likeness (QED) is 0.362. The van der Waals surface area contributed by atoms with Crippen LogP contribution in [0.5, 0.6) is 0 Å². The molecule has 0 unspecified atom stereocenters. The van der Waals surface area contributed by atoms with Gasteiger partial charge in [0, 0.05) is 0 Å². The molecule has 0 radical (unpaired) electrons. The Labute approximate surface area is 72.2 Å². The fourth-order valence-corrected chi connectivity index (χ4v) is 0.566. The van der Waals surface area contributed by atoms with E-state index in [1.54, 1.807) is 19.1 Å². The second-order valence-corrected chi connectivity index (χ2v) is 2.10. The molecule has 12 heavy (non-hydrogen) atoms. The SMILES string of the molecule is CCOC=C(C)C=C(C#N)C#N. The summed E-state index contributed by atoms with van der Waals surface area (Å²) in [7, 11) is 0. The predicted octanol–water partition coefficient (Wildman–Crippen LogP) is 1.90. The van der Waals surface area contributed by atoms with Gasteiger partial charge in [-0.1, -0.05) is 0 Å². The molecule has 0 heterocycles. The topological polar surface area (TPSA) is 56.8 Å². The summed E-state index contributed by atoms with van der Waals surface area (Å²) in [6, 6.07) is 3.53. The van der Waals surface area contributed by atoms with Crippen LogP contribution in [0.2, 0.25) is 0 Å². The van der Waals surface area contributed by atoms with Gasteiger partial charge in [-0.15, -0.1) is 0 Å². The second kappa shape index (κ2) is 6.00. The summed E-state index contributed by atoms with van der Waals surface area (Å²) in [5.74, 6) is 0. The average Bonchev–Trinajstić information content (AvgIpc) is 2.10. The molecular weight excluding hydrogens is 152 g/mol. The number of hydrogen-bond acceptors (Lipinski definition) is 3. The number of nitrogens with zero attached hydrogens (tertiary/aromatic N) is 2. The lowest BCUT2D eigenvalue weighted by molar-refractivity contribution is 0.267. The highest BCUT2D eigenvalue weighted by molar-refractivity contribution is 5.40. The number of rotatable bonds is 3. The van der Waals surface area contributed by atoms with Crippen molar-refractivity contribution < 1.29 is 4.74 Å². The zero-order valence-electron chi connectivity index (χ0n) is 7.16. The molecule has 0 aliphatic heterocycles. The van der Waals surface area contributed by atoms with Crippen molar-refractivity contribution in [3.8, 4) is 12.1 Å². The van der Waals surface area contributed by atoms with Crippen LogP contribution in [-0.4, -0.2) is 6.61 Å². The van der Waals surface area contributed by atoms with Crippen LogP contribution in [0.25, 0.3) is 0 Å². The summed E-state index contributed by atoms with van der Waals surface area (Å²) >= 11 is 0. The van der Waals surface area contributed by atoms with Gasteiger partial charge in [-0.25, -0.2) is 0 Å². The third-order valence-electron chi connectivity index (χ3n) is 1.05. The maximum atomic E-state index is 8.39. The molecule has 0 atom stereocenters. The molecule has 0 aliphatic rings. The molecule has 0 aromatic rings. The van der Waals surface area contributed by atoms with E-state index in [2.05, 4.69) is 0 Å². The maximum Gasteiger partial charge on any atom is 0.130 e. The molecule has 0 rings (SSSR count). The lowest BCUT2D eigenvalue weighted by Gasteiger charge is -1.94. The van der Waals surface area contributed by atoms with Crippen molar-refractivity contribution in [3.05, 3.63) is 23.5 Å². The average molecular weight is 162 g/mol. The molecular formula is C9H10N2O. The molecule has 0 bridgehead atoms. The van der Waals surface area contributed by atoms with Gasteiger partial charge >= 0.3 is 0 Å². The maximum absolute atomic E-state index is 8.39. The van der Waals surface area contributed by atoms with E-state index in [1.807, 2.05) is 6.92 Å². The molecule has 0 N–H and O–H groups in total. The molecule has 62 valence electrons. The predicted molar refractivity (Wildman–Crippen MR) is 44.7 cm³/mol. The van der Waals surface area contributed by atoms with Gasteiger partial charge in [0.05, 0.1) is 12.9 Å². The third-order valence-corrected chi connectivity index (χ3v) is 1.05. The number of ether oxygens (including phenoxy) is 1. The molecule has 3 nitrogen and oxygen atoms in total. The van der Waals surface area contributed by atoms with E-state index in [-0.39, 0.29) is 5.57 Å². The van der Waals surface area contributed by atoms with Crippen molar-refractivity contribution in [2.24, 2.45) is 0 Å². The molecule has 0 aromatic carbocycles. The Morgan fingerprint density at radius 2 is 2.00 bits per heavy atom. The zero-order chi connectivity index (χ0) is 9.40. The second-order valence-electron chi connectivity index (χ2n) is 2.10. The highest BCUT2D eigenvalue weighted by Crippen LogP contribution is 2.00. The van der Waals surface area contributed by atoms with E-state index in [9.17, 15) is 0 Å². The van der Waals surface area contributed by atoms with E-state index in [1.165, 1.54) is 12.3 Å². The van der Waals surface area contributed by atoms with Crippen molar-refractivity contribution >= 4 is 0 Å². The molecule has 0 aliphatic carbocycles. The Kier molecular flexibility index (Phi) is 5.13. The van der Waals surface area contributed by atoms with E-state index in [0.717, 1.165) is 5.57 Å². The molecule has 0 saturated heterocycles. The summed E-state index contributed by atoms with van der Waals surface area (Å²) < 4.78 is 4.96. The Balaban J connectivity index is 4.35. The molecule has 0 spiro atoms. The molecule has 0 saturated carbocycles. The first-order valence-electron chi connectivity index (χ1n) is 3.54.